The van der Waals surface area contributed by atoms with Gasteiger partial charge in [0.25, 0.3) is 0 Å². The molecule has 35 heavy (non-hydrogen) atoms. The van der Waals surface area contributed by atoms with Gasteiger partial charge in [-0.1, -0.05) is 41.6 Å². The van der Waals surface area contributed by atoms with Crippen LogP contribution in [0.2, 0.25) is 0 Å². The van der Waals surface area contributed by atoms with Gasteiger partial charge in [-0.15, -0.1) is 0 Å². The largest absolute Gasteiger partial charge is 0.497 e. The number of esters is 1. The quantitative estimate of drug-likeness (QED) is 0.262. The molecule has 0 saturated heterocycles. The van der Waals surface area contributed by atoms with Crippen molar-refractivity contribution in [2.24, 2.45) is 0 Å². The van der Waals surface area contributed by atoms with Crippen molar-refractivity contribution in [2.75, 3.05) is 14.2 Å². The maximum atomic E-state index is 12.2. The van der Waals surface area contributed by atoms with Gasteiger partial charge in [0.05, 0.1) is 26.3 Å². The summed E-state index contributed by atoms with van der Waals surface area (Å²) in [5.41, 5.74) is 4.43. The minimum atomic E-state index is -0.294. The fourth-order valence-corrected chi connectivity index (χ4v) is 3.47. The maximum Gasteiger partial charge on any atom is 0.306 e. The third-order valence-electron chi connectivity index (χ3n) is 5.50. The molecular weight excluding hydrogens is 446 g/mol. The third-order valence-corrected chi connectivity index (χ3v) is 5.50. The fourth-order valence-electron chi connectivity index (χ4n) is 3.47. The van der Waals surface area contributed by atoms with Crippen LogP contribution < -0.4 is 14.2 Å². The first-order valence-corrected chi connectivity index (χ1v) is 11.2. The number of hydrogen-bond donors (Lipinski definition) is 0. The summed E-state index contributed by atoms with van der Waals surface area (Å²) >= 11 is 0. The number of benzene rings is 3. The fraction of sp³-hybridized carbons (Fsp3) is 0.214. The molecule has 0 aliphatic heterocycles. The standard InChI is InChI=1S/C28H27NO6/c1-31-23-9-3-20(4-10-23)17-33-25-13-7-22(8-14-25)26-19-35-29-27(26)15-16-28(30)34-18-21-5-11-24(32-2)12-6-21/h3-14,19H,15-18H2,1-2H3. The van der Waals surface area contributed by atoms with Crippen LogP contribution in [0.3, 0.4) is 0 Å². The third kappa shape index (κ3) is 6.63. The zero-order valence-corrected chi connectivity index (χ0v) is 19.7. The molecule has 1 aromatic heterocycles. The van der Waals surface area contributed by atoms with Crippen molar-refractivity contribution in [1.82, 2.24) is 5.16 Å². The van der Waals surface area contributed by atoms with Gasteiger partial charge in [0.15, 0.2) is 0 Å². The molecule has 0 spiro atoms. The van der Waals surface area contributed by atoms with Gasteiger partial charge in [0.2, 0.25) is 0 Å². The molecule has 7 nitrogen and oxygen atoms in total. The molecule has 0 bridgehead atoms. The molecule has 4 rings (SSSR count). The second-order valence-electron chi connectivity index (χ2n) is 7.84. The van der Waals surface area contributed by atoms with Crippen LogP contribution in [0.1, 0.15) is 23.2 Å². The van der Waals surface area contributed by atoms with E-state index in [-0.39, 0.29) is 19.0 Å². The molecule has 180 valence electrons. The normalized spacial score (nSPS) is 10.6. The predicted molar refractivity (Wildman–Crippen MR) is 130 cm³/mol. The minimum Gasteiger partial charge on any atom is -0.497 e. The molecule has 1 heterocycles. The molecule has 7 heteroatoms. The average Bonchev–Trinajstić information content (AvgIpc) is 3.39. The lowest BCUT2D eigenvalue weighted by Crippen LogP contribution is -2.06. The highest BCUT2D eigenvalue weighted by molar-refractivity contribution is 5.71. The summed E-state index contributed by atoms with van der Waals surface area (Å²) in [7, 11) is 3.25. The van der Waals surface area contributed by atoms with Crippen molar-refractivity contribution in [3.63, 3.8) is 0 Å². The Hall–Kier alpha value is -4.26. The van der Waals surface area contributed by atoms with Gasteiger partial charge in [0.1, 0.15) is 36.7 Å². The zero-order chi connectivity index (χ0) is 24.5. The first-order chi connectivity index (χ1) is 17.1. The maximum absolute atomic E-state index is 12.2. The van der Waals surface area contributed by atoms with E-state index in [1.165, 1.54) is 0 Å². The molecule has 0 N–H and O–H groups in total. The number of hydrogen-bond acceptors (Lipinski definition) is 7. The molecule has 3 aromatic carbocycles. The van der Waals surface area contributed by atoms with E-state index in [2.05, 4.69) is 5.16 Å². The highest BCUT2D eigenvalue weighted by Crippen LogP contribution is 2.27. The Morgan fingerprint density at radius 1 is 0.771 bits per heavy atom. The van der Waals surface area contributed by atoms with E-state index in [0.717, 1.165) is 39.5 Å². The molecule has 0 aliphatic carbocycles. The molecule has 0 radical (unpaired) electrons. The van der Waals surface area contributed by atoms with E-state index in [4.69, 9.17) is 23.5 Å². The molecule has 0 atom stereocenters. The van der Waals surface area contributed by atoms with Crippen LogP contribution in [0.4, 0.5) is 0 Å². The first-order valence-electron chi connectivity index (χ1n) is 11.2. The smallest absolute Gasteiger partial charge is 0.306 e. The number of carbonyl (C=O) groups is 1. The molecule has 0 aliphatic rings. The van der Waals surface area contributed by atoms with Crippen molar-refractivity contribution >= 4 is 5.97 Å². The van der Waals surface area contributed by atoms with Crippen LogP contribution in [0.15, 0.2) is 83.6 Å². The van der Waals surface area contributed by atoms with Crippen molar-refractivity contribution in [2.45, 2.75) is 26.1 Å². The predicted octanol–water partition coefficient (Wildman–Crippen LogP) is 5.61. The van der Waals surface area contributed by atoms with E-state index in [1.807, 2.05) is 72.8 Å². The molecular formula is C28H27NO6. The van der Waals surface area contributed by atoms with Gasteiger partial charge >= 0.3 is 5.97 Å². The summed E-state index contributed by atoms with van der Waals surface area (Å²) in [6.07, 6.45) is 2.22. The van der Waals surface area contributed by atoms with Gasteiger partial charge in [-0.3, -0.25) is 4.79 Å². The Bertz CT molecular complexity index is 1210. The highest BCUT2D eigenvalue weighted by Gasteiger charge is 2.13. The second-order valence-corrected chi connectivity index (χ2v) is 7.84. The molecule has 0 saturated carbocycles. The topological polar surface area (TPSA) is 80.0 Å². The number of aryl methyl sites for hydroxylation is 1. The van der Waals surface area contributed by atoms with E-state index in [9.17, 15) is 4.79 Å². The zero-order valence-electron chi connectivity index (χ0n) is 19.7. The summed E-state index contributed by atoms with van der Waals surface area (Å²) in [6.45, 7) is 0.674. The number of methoxy groups -OCH3 is 2. The van der Waals surface area contributed by atoms with Gasteiger partial charge in [-0.05, 0) is 53.1 Å². The van der Waals surface area contributed by atoms with Gasteiger partial charge < -0.3 is 23.5 Å². The van der Waals surface area contributed by atoms with Crippen LogP contribution in [0.5, 0.6) is 17.2 Å². The highest BCUT2D eigenvalue weighted by atomic mass is 16.5. The first kappa shape index (κ1) is 23.9. The summed E-state index contributed by atoms with van der Waals surface area (Å²) in [5, 5.41) is 4.08. The van der Waals surface area contributed by atoms with Crippen LogP contribution in [0.25, 0.3) is 11.1 Å². The van der Waals surface area contributed by atoms with Gasteiger partial charge in [-0.2, -0.15) is 0 Å². The Morgan fingerprint density at radius 3 is 1.94 bits per heavy atom. The number of rotatable bonds is 11. The van der Waals surface area contributed by atoms with Gasteiger partial charge in [0, 0.05) is 12.0 Å². The lowest BCUT2D eigenvalue weighted by atomic mass is 10.0. The van der Waals surface area contributed by atoms with Crippen molar-refractivity contribution in [1.29, 1.82) is 0 Å². The minimum absolute atomic E-state index is 0.207. The van der Waals surface area contributed by atoms with E-state index >= 15 is 0 Å². The molecule has 4 aromatic rings. The second kappa shape index (κ2) is 11.7. The Kier molecular flexibility index (Phi) is 8.01. The Morgan fingerprint density at radius 2 is 1.34 bits per heavy atom. The Labute approximate surface area is 204 Å². The van der Waals surface area contributed by atoms with Crippen molar-refractivity contribution in [3.8, 4) is 28.4 Å². The van der Waals surface area contributed by atoms with Crippen LogP contribution in [-0.2, 0) is 29.2 Å². The number of aromatic nitrogens is 1. The monoisotopic (exact) mass is 473 g/mol. The average molecular weight is 474 g/mol. The summed E-state index contributed by atoms with van der Waals surface area (Å²) in [5.74, 6) is 2.03. The number of ether oxygens (including phenoxy) is 4. The summed E-state index contributed by atoms with van der Waals surface area (Å²) in [4.78, 5) is 12.2. The summed E-state index contributed by atoms with van der Waals surface area (Å²) < 4.78 is 26.7. The van der Waals surface area contributed by atoms with Crippen molar-refractivity contribution in [3.05, 3.63) is 95.9 Å². The molecule has 0 amide bonds. The SMILES string of the molecule is COc1ccc(COC(=O)CCc2nocc2-c2ccc(OCc3ccc(OC)cc3)cc2)cc1. The molecule has 0 unspecified atom stereocenters. The number of carbonyl (C=O) groups excluding carboxylic acids is 1. The molecule has 0 fully saturated rings. The van der Waals surface area contributed by atoms with E-state index in [0.29, 0.717) is 18.7 Å². The van der Waals surface area contributed by atoms with E-state index < -0.39 is 0 Å². The lowest BCUT2D eigenvalue weighted by Gasteiger charge is -2.08. The summed E-state index contributed by atoms with van der Waals surface area (Å²) in [6, 6.07) is 22.9. The Balaban J connectivity index is 1.27. The van der Waals surface area contributed by atoms with Gasteiger partial charge in [-0.25, -0.2) is 0 Å². The lowest BCUT2D eigenvalue weighted by molar-refractivity contribution is -0.144. The van der Waals surface area contributed by atoms with E-state index in [1.54, 1.807) is 20.5 Å². The van der Waals surface area contributed by atoms with Crippen molar-refractivity contribution < 1.29 is 28.3 Å². The van der Waals surface area contributed by atoms with Crippen LogP contribution in [0, 0.1) is 0 Å². The van der Waals surface area contributed by atoms with Crippen LogP contribution >= 0.6 is 0 Å². The van der Waals surface area contributed by atoms with Crippen LogP contribution in [-0.4, -0.2) is 25.3 Å². The number of nitrogens with zero attached hydrogens (tertiary/aromatic N) is 1.